The lowest BCUT2D eigenvalue weighted by Gasteiger charge is -2.32. The summed E-state index contributed by atoms with van der Waals surface area (Å²) in [7, 11) is 0. The molecule has 0 saturated carbocycles. The lowest BCUT2D eigenvalue weighted by molar-refractivity contribution is 0.0687. The summed E-state index contributed by atoms with van der Waals surface area (Å²) in [6.07, 6.45) is 0. The van der Waals surface area contributed by atoms with Crippen molar-refractivity contribution in [3.8, 4) is 6.07 Å². The number of benzene rings is 1. The average molecular weight is 284 g/mol. The van der Waals surface area contributed by atoms with Crippen molar-refractivity contribution in [1.29, 1.82) is 5.26 Å². The van der Waals surface area contributed by atoms with Crippen LogP contribution in [0.1, 0.15) is 10.4 Å². The van der Waals surface area contributed by atoms with E-state index in [0.717, 1.165) is 0 Å². The first-order valence-corrected chi connectivity index (χ1v) is 6.26. The van der Waals surface area contributed by atoms with Gasteiger partial charge >= 0.3 is 0 Å². The maximum atomic E-state index is 12.4. The van der Waals surface area contributed by atoms with Crippen molar-refractivity contribution in [2.45, 2.75) is 6.04 Å². The van der Waals surface area contributed by atoms with Gasteiger partial charge in [-0.25, -0.2) is 0 Å². The van der Waals surface area contributed by atoms with Gasteiger partial charge in [0.05, 0.1) is 21.7 Å². The standard InChI is InChI=1S/C12H11Cl2N3O/c13-9-2-1-3-10(14)11(9)12(18)17-5-4-16-7-8(17)6-15/h1-3,8,16H,4-5,7H2. The highest BCUT2D eigenvalue weighted by atomic mass is 35.5. The predicted octanol–water partition coefficient (Wildman–Crippen LogP) is 1.93. The molecule has 2 rings (SSSR count). The zero-order chi connectivity index (χ0) is 13.1. The summed E-state index contributed by atoms with van der Waals surface area (Å²) in [6, 6.07) is 6.52. The van der Waals surface area contributed by atoms with Crippen LogP contribution in [0.5, 0.6) is 0 Å². The molecule has 1 heterocycles. The smallest absolute Gasteiger partial charge is 0.258 e. The number of carbonyl (C=O) groups excluding carboxylic acids is 1. The van der Waals surface area contributed by atoms with Crippen molar-refractivity contribution in [3.63, 3.8) is 0 Å². The summed E-state index contributed by atoms with van der Waals surface area (Å²) >= 11 is 12.0. The molecule has 1 N–H and O–H groups in total. The van der Waals surface area contributed by atoms with E-state index in [1.54, 1.807) is 18.2 Å². The molecule has 1 aromatic rings. The lowest BCUT2D eigenvalue weighted by atomic mass is 10.1. The third kappa shape index (κ3) is 2.44. The molecule has 1 saturated heterocycles. The number of nitrogens with zero attached hydrogens (tertiary/aromatic N) is 2. The van der Waals surface area contributed by atoms with Gasteiger partial charge in [0.1, 0.15) is 6.04 Å². The summed E-state index contributed by atoms with van der Waals surface area (Å²) in [6.45, 7) is 1.59. The molecule has 1 atom stereocenters. The quantitative estimate of drug-likeness (QED) is 0.857. The Morgan fingerprint density at radius 1 is 1.44 bits per heavy atom. The van der Waals surface area contributed by atoms with Crippen LogP contribution in [0.25, 0.3) is 0 Å². The van der Waals surface area contributed by atoms with Crippen LogP contribution >= 0.6 is 23.2 Å². The molecule has 1 unspecified atom stereocenters. The van der Waals surface area contributed by atoms with Gasteiger partial charge in [0.2, 0.25) is 0 Å². The normalized spacial score (nSPS) is 19.4. The number of piperazine rings is 1. The van der Waals surface area contributed by atoms with Crippen LogP contribution in [0.3, 0.4) is 0 Å². The van der Waals surface area contributed by atoms with E-state index in [4.69, 9.17) is 28.5 Å². The predicted molar refractivity (Wildman–Crippen MR) is 69.8 cm³/mol. The highest BCUT2D eigenvalue weighted by Crippen LogP contribution is 2.26. The minimum atomic E-state index is -0.487. The number of rotatable bonds is 1. The highest BCUT2D eigenvalue weighted by molar-refractivity contribution is 6.39. The SMILES string of the molecule is N#CC1CNCCN1C(=O)c1c(Cl)cccc1Cl. The molecule has 1 fully saturated rings. The number of nitrogens with one attached hydrogen (secondary N) is 1. The van der Waals surface area contributed by atoms with E-state index >= 15 is 0 Å². The molecule has 0 radical (unpaired) electrons. The van der Waals surface area contributed by atoms with Crippen LogP contribution in [0, 0.1) is 11.3 Å². The molecule has 1 aliphatic heterocycles. The minimum absolute atomic E-state index is 0.267. The molecule has 18 heavy (non-hydrogen) atoms. The number of halogens is 2. The van der Waals surface area contributed by atoms with Crippen molar-refractivity contribution >= 4 is 29.1 Å². The van der Waals surface area contributed by atoms with Crippen LogP contribution in [0.2, 0.25) is 10.0 Å². The van der Waals surface area contributed by atoms with E-state index in [2.05, 4.69) is 11.4 Å². The summed E-state index contributed by atoms with van der Waals surface area (Å²) in [4.78, 5) is 13.9. The fraction of sp³-hybridized carbons (Fsp3) is 0.333. The van der Waals surface area contributed by atoms with Gasteiger partial charge in [-0.2, -0.15) is 5.26 Å². The van der Waals surface area contributed by atoms with Crippen LogP contribution in [-0.4, -0.2) is 36.5 Å². The number of amides is 1. The van der Waals surface area contributed by atoms with E-state index in [9.17, 15) is 4.79 Å². The largest absolute Gasteiger partial charge is 0.320 e. The van der Waals surface area contributed by atoms with Crippen molar-refractivity contribution < 1.29 is 4.79 Å². The van der Waals surface area contributed by atoms with Crippen molar-refractivity contribution in [1.82, 2.24) is 10.2 Å². The van der Waals surface area contributed by atoms with Gasteiger partial charge in [-0.3, -0.25) is 4.79 Å². The topological polar surface area (TPSA) is 56.1 Å². The highest BCUT2D eigenvalue weighted by Gasteiger charge is 2.29. The third-order valence-corrected chi connectivity index (χ3v) is 3.46. The van der Waals surface area contributed by atoms with Crippen LogP contribution in [-0.2, 0) is 0 Å². The Morgan fingerprint density at radius 2 is 2.11 bits per heavy atom. The average Bonchev–Trinajstić information content (AvgIpc) is 2.38. The Labute approximate surface area is 115 Å². The fourth-order valence-electron chi connectivity index (χ4n) is 1.91. The first-order chi connectivity index (χ1) is 8.65. The third-order valence-electron chi connectivity index (χ3n) is 2.83. The van der Waals surface area contributed by atoms with Gasteiger partial charge in [0.25, 0.3) is 5.91 Å². The first-order valence-electron chi connectivity index (χ1n) is 5.50. The maximum absolute atomic E-state index is 12.4. The molecule has 4 nitrogen and oxygen atoms in total. The molecule has 0 aromatic heterocycles. The second kappa shape index (κ2) is 5.57. The Kier molecular flexibility index (Phi) is 4.07. The van der Waals surface area contributed by atoms with Gasteiger partial charge in [0.15, 0.2) is 0 Å². The Morgan fingerprint density at radius 3 is 2.72 bits per heavy atom. The molecule has 0 bridgehead atoms. The molecular formula is C12H11Cl2N3O. The summed E-state index contributed by atoms with van der Waals surface area (Å²) in [5.41, 5.74) is 0.267. The van der Waals surface area contributed by atoms with E-state index < -0.39 is 6.04 Å². The van der Waals surface area contributed by atoms with E-state index in [0.29, 0.717) is 29.7 Å². The molecule has 94 valence electrons. The van der Waals surface area contributed by atoms with Crippen LogP contribution in [0.15, 0.2) is 18.2 Å². The lowest BCUT2D eigenvalue weighted by Crippen LogP contribution is -2.53. The number of hydrogen-bond donors (Lipinski definition) is 1. The summed E-state index contributed by atoms with van der Waals surface area (Å²) in [5.74, 6) is -0.293. The minimum Gasteiger partial charge on any atom is -0.320 e. The molecule has 0 spiro atoms. The van der Waals surface area contributed by atoms with E-state index in [-0.39, 0.29) is 11.5 Å². The summed E-state index contributed by atoms with van der Waals surface area (Å²) in [5, 5.41) is 12.7. The van der Waals surface area contributed by atoms with Gasteiger partial charge in [-0.15, -0.1) is 0 Å². The van der Waals surface area contributed by atoms with Crippen molar-refractivity contribution in [3.05, 3.63) is 33.8 Å². The van der Waals surface area contributed by atoms with Crippen molar-refractivity contribution in [2.75, 3.05) is 19.6 Å². The zero-order valence-electron chi connectivity index (χ0n) is 9.49. The van der Waals surface area contributed by atoms with Gasteiger partial charge in [0, 0.05) is 19.6 Å². The number of carbonyl (C=O) groups is 1. The second-order valence-electron chi connectivity index (χ2n) is 3.94. The monoisotopic (exact) mass is 283 g/mol. The van der Waals surface area contributed by atoms with E-state index in [1.807, 2.05) is 0 Å². The van der Waals surface area contributed by atoms with Gasteiger partial charge in [-0.05, 0) is 12.1 Å². The van der Waals surface area contributed by atoms with Crippen LogP contribution in [0.4, 0.5) is 0 Å². The van der Waals surface area contributed by atoms with Crippen molar-refractivity contribution in [2.24, 2.45) is 0 Å². The fourth-order valence-corrected chi connectivity index (χ4v) is 2.47. The number of hydrogen-bond acceptors (Lipinski definition) is 3. The molecular weight excluding hydrogens is 273 g/mol. The van der Waals surface area contributed by atoms with Gasteiger partial charge in [-0.1, -0.05) is 29.3 Å². The molecule has 1 aliphatic rings. The van der Waals surface area contributed by atoms with Crippen LogP contribution < -0.4 is 5.32 Å². The molecule has 1 aromatic carbocycles. The molecule has 6 heteroatoms. The Balaban J connectivity index is 2.33. The zero-order valence-corrected chi connectivity index (χ0v) is 11.0. The number of nitriles is 1. The maximum Gasteiger partial charge on any atom is 0.258 e. The van der Waals surface area contributed by atoms with Gasteiger partial charge < -0.3 is 10.2 Å². The molecule has 0 aliphatic carbocycles. The Bertz CT molecular complexity index is 492. The summed E-state index contributed by atoms with van der Waals surface area (Å²) < 4.78 is 0. The Hall–Kier alpha value is -1.28. The second-order valence-corrected chi connectivity index (χ2v) is 4.76. The first kappa shape index (κ1) is 13.2. The van der Waals surface area contributed by atoms with E-state index in [1.165, 1.54) is 4.90 Å². The molecule has 1 amide bonds.